The van der Waals surface area contributed by atoms with Crippen molar-refractivity contribution >= 4 is 0 Å². The quantitative estimate of drug-likeness (QED) is 0.426. The Labute approximate surface area is 56.1 Å². The Hall–Kier alpha value is -0.120. The van der Waals surface area contributed by atoms with Crippen molar-refractivity contribution < 1.29 is 15.0 Å². The summed E-state index contributed by atoms with van der Waals surface area (Å²) in [5.41, 5.74) is 0. The highest BCUT2D eigenvalue weighted by Gasteiger charge is 2.18. The summed E-state index contributed by atoms with van der Waals surface area (Å²) in [6, 6.07) is 0. The molecular formula is C6H16NO2+. The summed E-state index contributed by atoms with van der Waals surface area (Å²) >= 11 is 0. The van der Waals surface area contributed by atoms with E-state index < -0.39 is 0 Å². The van der Waals surface area contributed by atoms with Crippen LogP contribution in [0.1, 0.15) is 13.8 Å². The third-order valence-corrected chi connectivity index (χ3v) is 1.69. The van der Waals surface area contributed by atoms with E-state index >= 15 is 0 Å². The van der Waals surface area contributed by atoms with Crippen LogP contribution in [0.4, 0.5) is 0 Å². The summed E-state index contributed by atoms with van der Waals surface area (Å²) in [4.78, 5) is 0. The molecule has 0 aliphatic carbocycles. The Bertz CT molecular complexity index is 71.5. The van der Waals surface area contributed by atoms with E-state index in [9.17, 15) is 5.21 Å². The van der Waals surface area contributed by atoms with Crippen LogP contribution in [-0.4, -0.2) is 41.2 Å². The van der Waals surface area contributed by atoms with Gasteiger partial charge in [-0.25, -0.2) is 5.21 Å². The number of likely N-dealkylation sites (N-methyl/N-ethyl adjacent to an activating group) is 1. The Kier molecular flexibility index (Phi) is 3.77. The zero-order valence-electron chi connectivity index (χ0n) is 6.17. The number of quaternary nitrogens is 1. The molecule has 0 spiro atoms. The Morgan fingerprint density at radius 3 is 1.78 bits per heavy atom. The minimum atomic E-state index is -0.0174. The summed E-state index contributed by atoms with van der Waals surface area (Å²) in [6.07, 6.45) is 0. The van der Waals surface area contributed by atoms with Gasteiger partial charge in [-0.05, 0) is 13.8 Å². The van der Waals surface area contributed by atoms with Gasteiger partial charge in [0, 0.05) is 0 Å². The molecule has 0 aromatic heterocycles. The Morgan fingerprint density at radius 1 is 1.22 bits per heavy atom. The van der Waals surface area contributed by atoms with E-state index in [0.29, 0.717) is 19.6 Å². The van der Waals surface area contributed by atoms with Crippen LogP contribution in [0, 0.1) is 0 Å². The van der Waals surface area contributed by atoms with Crippen molar-refractivity contribution in [2.45, 2.75) is 13.8 Å². The minimum Gasteiger partial charge on any atom is -0.390 e. The summed E-state index contributed by atoms with van der Waals surface area (Å²) in [5, 5.41) is 17.9. The molecule has 0 atom stereocenters. The smallest absolute Gasteiger partial charge is 0.132 e. The standard InChI is InChI=1S/C6H16NO2/c1-3-7(9,4-2)5-6-8/h8-9H,3-6H2,1-2H3/q+1. The lowest BCUT2D eigenvalue weighted by Gasteiger charge is -2.26. The molecule has 0 radical (unpaired) electrons. The highest BCUT2D eigenvalue weighted by atomic mass is 16.5. The monoisotopic (exact) mass is 134 g/mol. The molecule has 2 N–H and O–H groups in total. The van der Waals surface area contributed by atoms with Crippen LogP contribution in [0.25, 0.3) is 0 Å². The van der Waals surface area contributed by atoms with Gasteiger partial charge in [0.05, 0.1) is 6.61 Å². The maximum Gasteiger partial charge on any atom is 0.132 e. The molecule has 3 nitrogen and oxygen atoms in total. The third-order valence-electron chi connectivity index (χ3n) is 1.69. The second kappa shape index (κ2) is 3.82. The van der Waals surface area contributed by atoms with E-state index in [1.54, 1.807) is 0 Å². The molecule has 0 saturated heterocycles. The maximum atomic E-state index is 9.41. The molecule has 0 aliphatic heterocycles. The normalized spacial score (nSPS) is 12.0. The number of aliphatic hydroxyl groups excluding tert-OH is 1. The van der Waals surface area contributed by atoms with Crippen LogP contribution in [0.5, 0.6) is 0 Å². The molecule has 56 valence electrons. The second-order valence-corrected chi connectivity index (χ2v) is 2.17. The molecule has 0 saturated carbocycles. The summed E-state index contributed by atoms with van der Waals surface area (Å²) in [6.45, 7) is 5.62. The average Bonchev–Trinajstić information content (AvgIpc) is 1.89. The number of hydrogen-bond donors (Lipinski definition) is 2. The average molecular weight is 134 g/mol. The zero-order valence-corrected chi connectivity index (χ0v) is 6.17. The van der Waals surface area contributed by atoms with Crippen LogP contribution < -0.4 is 0 Å². The number of aliphatic hydroxyl groups is 1. The Morgan fingerprint density at radius 2 is 1.67 bits per heavy atom. The second-order valence-electron chi connectivity index (χ2n) is 2.17. The van der Waals surface area contributed by atoms with E-state index in [1.807, 2.05) is 13.8 Å². The van der Waals surface area contributed by atoms with Crippen LogP contribution >= 0.6 is 0 Å². The van der Waals surface area contributed by atoms with Gasteiger partial charge in [0.25, 0.3) is 0 Å². The third kappa shape index (κ3) is 2.79. The van der Waals surface area contributed by atoms with Crippen molar-refractivity contribution in [2.75, 3.05) is 26.2 Å². The number of hydrogen-bond acceptors (Lipinski definition) is 2. The predicted octanol–water partition coefficient (Wildman–Crippen LogP) is 0.224. The first-order valence-electron chi connectivity index (χ1n) is 3.38. The van der Waals surface area contributed by atoms with Gasteiger partial charge in [0.15, 0.2) is 0 Å². The van der Waals surface area contributed by atoms with E-state index in [2.05, 4.69) is 0 Å². The molecule has 0 aliphatic rings. The molecular weight excluding hydrogens is 118 g/mol. The molecule has 0 aromatic rings. The van der Waals surface area contributed by atoms with Crippen molar-refractivity contribution in [3.05, 3.63) is 0 Å². The molecule has 0 unspecified atom stereocenters. The van der Waals surface area contributed by atoms with E-state index in [-0.39, 0.29) is 11.3 Å². The molecule has 0 aromatic carbocycles. The summed E-state index contributed by atoms with van der Waals surface area (Å²) in [7, 11) is 0. The lowest BCUT2D eigenvalue weighted by atomic mass is 10.5. The van der Waals surface area contributed by atoms with Gasteiger partial charge < -0.3 is 5.11 Å². The molecule has 0 amide bonds. The minimum absolute atomic E-state index is 0.0174. The molecule has 0 heterocycles. The highest BCUT2D eigenvalue weighted by molar-refractivity contribution is 4.25. The number of rotatable bonds is 4. The highest BCUT2D eigenvalue weighted by Crippen LogP contribution is 1.97. The van der Waals surface area contributed by atoms with Crippen LogP contribution in [0.15, 0.2) is 0 Å². The first-order chi connectivity index (χ1) is 4.18. The van der Waals surface area contributed by atoms with Gasteiger partial charge in [-0.1, -0.05) is 0 Å². The largest absolute Gasteiger partial charge is 0.390 e. The molecule has 0 bridgehead atoms. The van der Waals surface area contributed by atoms with Crippen molar-refractivity contribution in [1.29, 1.82) is 0 Å². The summed E-state index contributed by atoms with van der Waals surface area (Å²) < 4.78 is -0.0174. The van der Waals surface area contributed by atoms with E-state index in [1.165, 1.54) is 0 Å². The number of nitrogens with zero attached hydrogens (tertiary/aromatic N) is 1. The first-order valence-corrected chi connectivity index (χ1v) is 3.38. The van der Waals surface area contributed by atoms with Gasteiger partial charge in [-0.2, -0.15) is 4.65 Å². The SMILES string of the molecule is CC[N+](O)(CC)CCO. The lowest BCUT2D eigenvalue weighted by molar-refractivity contribution is -1.10. The fourth-order valence-electron chi connectivity index (χ4n) is 0.726. The van der Waals surface area contributed by atoms with Crippen molar-refractivity contribution in [3.8, 4) is 0 Å². The van der Waals surface area contributed by atoms with Gasteiger partial charge in [0.1, 0.15) is 19.6 Å². The first kappa shape index (κ1) is 8.88. The zero-order chi connectivity index (χ0) is 7.33. The predicted molar refractivity (Wildman–Crippen MR) is 35.1 cm³/mol. The molecule has 3 heteroatoms. The molecule has 0 fully saturated rings. The van der Waals surface area contributed by atoms with E-state index in [0.717, 1.165) is 0 Å². The maximum absolute atomic E-state index is 9.41. The van der Waals surface area contributed by atoms with Crippen molar-refractivity contribution in [1.82, 2.24) is 0 Å². The van der Waals surface area contributed by atoms with Crippen LogP contribution in [0.3, 0.4) is 0 Å². The Balaban J connectivity index is 3.62. The van der Waals surface area contributed by atoms with Crippen LogP contribution in [-0.2, 0) is 0 Å². The van der Waals surface area contributed by atoms with Gasteiger partial charge >= 0.3 is 0 Å². The fourth-order valence-corrected chi connectivity index (χ4v) is 0.726. The van der Waals surface area contributed by atoms with E-state index in [4.69, 9.17) is 5.11 Å². The lowest BCUT2D eigenvalue weighted by Crippen LogP contribution is -2.46. The van der Waals surface area contributed by atoms with Crippen molar-refractivity contribution in [3.63, 3.8) is 0 Å². The van der Waals surface area contributed by atoms with Gasteiger partial charge in [-0.15, -0.1) is 0 Å². The van der Waals surface area contributed by atoms with Crippen molar-refractivity contribution in [2.24, 2.45) is 0 Å². The molecule has 0 rings (SSSR count). The number of hydroxylamine groups is 3. The van der Waals surface area contributed by atoms with Gasteiger partial charge in [-0.3, -0.25) is 0 Å². The van der Waals surface area contributed by atoms with Crippen LogP contribution in [0.2, 0.25) is 0 Å². The topological polar surface area (TPSA) is 40.5 Å². The molecule has 9 heavy (non-hydrogen) atoms. The van der Waals surface area contributed by atoms with Gasteiger partial charge in [0.2, 0.25) is 0 Å². The summed E-state index contributed by atoms with van der Waals surface area (Å²) in [5.74, 6) is 0. The fraction of sp³-hybridized carbons (Fsp3) is 1.00.